The first-order valence-corrected chi connectivity index (χ1v) is 8.12. The highest BCUT2D eigenvalue weighted by Crippen LogP contribution is 2.11. The van der Waals surface area contributed by atoms with Crippen LogP contribution in [0.5, 0.6) is 0 Å². The molecule has 25 heavy (non-hydrogen) atoms. The van der Waals surface area contributed by atoms with E-state index in [2.05, 4.69) is 25.8 Å². The number of amides is 1. The van der Waals surface area contributed by atoms with Crippen LogP contribution in [0.4, 0.5) is 11.6 Å². The Hall–Kier alpha value is -2.99. The zero-order valence-corrected chi connectivity index (χ0v) is 14.1. The fourth-order valence-electron chi connectivity index (χ4n) is 2.16. The third-order valence-corrected chi connectivity index (χ3v) is 3.71. The summed E-state index contributed by atoms with van der Waals surface area (Å²) in [5.41, 5.74) is 1.65. The van der Waals surface area contributed by atoms with Crippen LogP contribution in [0.2, 0.25) is 5.02 Å². The van der Waals surface area contributed by atoms with Gasteiger partial charge in [-0.25, -0.2) is 0 Å². The van der Waals surface area contributed by atoms with Crippen LogP contribution < -0.4 is 10.6 Å². The van der Waals surface area contributed by atoms with Gasteiger partial charge in [-0.15, -0.1) is 10.2 Å². The summed E-state index contributed by atoms with van der Waals surface area (Å²) in [5, 5.41) is 14.7. The molecule has 126 valence electrons. The fourth-order valence-corrected chi connectivity index (χ4v) is 2.29. The highest BCUT2D eigenvalue weighted by atomic mass is 35.5. The molecule has 0 saturated heterocycles. The molecule has 0 fully saturated rings. The predicted octanol–water partition coefficient (Wildman–Crippen LogP) is 3.43. The standard InChI is InChI=1S/C18H16ClN5O/c19-15-5-3-13(4-6-15)9-11-21-16-7-8-17(24-23-16)22-18(25)14-2-1-10-20-12-14/h1-8,10,12H,9,11H2,(H,21,23)(H,22,24,25). The lowest BCUT2D eigenvalue weighted by Crippen LogP contribution is -2.14. The molecule has 7 heteroatoms. The van der Waals surface area contributed by atoms with Gasteiger partial charge in [0.25, 0.3) is 5.91 Å². The summed E-state index contributed by atoms with van der Waals surface area (Å²) in [6.07, 6.45) is 3.95. The quantitative estimate of drug-likeness (QED) is 0.709. The van der Waals surface area contributed by atoms with Crippen molar-refractivity contribution in [1.29, 1.82) is 0 Å². The Balaban J connectivity index is 1.50. The van der Waals surface area contributed by atoms with E-state index >= 15 is 0 Å². The van der Waals surface area contributed by atoms with E-state index in [0.717, 1.165) is 18.0 Å². The molecule has 0 radical (unpaired) electrons. The highest BCUT2D eigenvalue weighted by molar-refractivity contribution is 6.30. The maximum atomic E-state index is 12.0. The molecular formula is C18H16ClN5O. The number of halogens is 1. The number of benzene rings is 1. The smallest absolute Gasteiger partial charge is 0.258 e. The lowest BCUT2D eigenvalue weighted by molar-refractivity contribution is 0.102. The van der Waals surface area contributed by atoms with Crippen molar-refractivity contribution in [3.8, 4) is 0 Å². The van der Waals surface area contributed by atoms with Crippen molar-refractivity contribution < 1.29 is 4.79 Å². The van der Waals surface area contributed by atoms with Crippen LogP contribution in [0.15, 0.2) is 60.9 Å². The summed E-state index contributed by atoms with van der Waals surface area (Å²) < 4.78 is 0. The van der Waals surface area contributed by atoms with Crippen LogP contribution in [0.25, 0.3) is 0 Å². The number of pyridine rings is 1. The first kappa shape index (κ1) is 16.9. The van der Waals surface area contributed by atoms with E-state index in [1.165, 1.54) is 11.8 Å². The number of carbonyl (C=O) groups is 1. The topological polar surface area (TPSA) is 79.8 Å². The van der Waals surface area contributed by atoms with Gasteiger partial charge in [0.1, 0.15) is 5.82 Å². The van der Waals surface area contributed by atoms with Gasteiger partial charge in [-0.05, 0) is 48.4 Å². The number of aromatic nitrogens is 3. The molecule has 0 atom stereocenters. The maximum Gasteiger partial charge on any atom is 0.258 e. The molecule has 2 aromatic heterocycles. The number of nitrogens with zero attached hydrogens (tertiary/aromatic N) is 3. The summed E-state index contributed by atoms with van der Waals surface area (Å²) in [4.78, 5) is 15.9. The first-order chi connectivity index (χ1) is 12.2. The Labute approximate surface area is 150 Å². The van der Waals surface area contributed by atoms with Crippen molar-refractivity contribution in [2.24, 2.45) is 0 Å². The van der Waals surface area contributed by atoms with E-state index in [1.54, 1.807) is 30.5 Å². The minimum absolute atomic E-state index is 0.272. The van der Waals surface area contributed by atoms with Gasteiger partial charge in [0, 0.05) is 24.0 Å². The summed E-state index contributed by atoms with van der Waals surface area (Å²) in [6, 6.07) is 14.6. The van der Waals surface area contributed by atoms with Crippen molar-refractivity contribution >= 4 is 29.1 Å². The van der Waals surface area contributed by atoms with Crippen LogP contribution in [0.1, 0.15) is 15.9 Å². The Morgan fingerprint density at radius 3 is 2.44 bits per heavy atom. The molecule has 0 spiro atoms. The fraction of sp³-hybridized carbons (Fsp3) is 0.111. The summed E-state index contributed by atoms with van der Waals surface area (Å²) >= 11 is 5.86. The minimum Gasteiger partial charge on any atom is -0.368 e. The number of anilines is 2. The second-order valence-electron chi connectivity index (χ2n) is 5.30. The molecular weight excluding hydrogens is 338 g/mol. The number of hydrogen-bond donors (Lipinski definition) is 2. The van der Waals surface area contributed by atoms with Gasteiger partial charge < -0.3 is 10.6 Å². The maximum absolute atomic E-state index is 12.0. The lowest BCUT2D eigenvalue weighted by Gasteiger charge is -2.07. The number of hydrogen-bond acceptors (Lipinski definition) is 5. The Bertz CT molecular complexity index is 822. The van der Waals surface area contributed by atoms with Crippen molar-refractivity contribution in [2.75, 3.05) is 17.2 Å². The molecule has 0 aliphatic heterocycles. The second-order valence-corrected chi connectivity index (χ2v) is 5.74. The Kier molecular flexibility index (Phi) is 5.53. The predicted molar refractivity (Wildman–Crippen MR) is 97.9 cm³/mol. The molecule has 2 N–H and O–H groups in total. The molecule has 2 heterocycles. The SMILES string of the molecule is O=C(Nc1ccc(NCCc2ccc(Cl)cc2)nn1)c1cccnc1. The third kappa shape index (κ3) is 4.99. The van der Waals surface area contributed by atoms with E-state index in [9.17, 15) is 4.79 Å². The summed E-state index contributed by atoms with van der Waals surface area (Å²) in [7, 11) is 0. The highest BCUT2D eigenvalue weighted by Gasteiger charge is 2.07. The summed E-state index contributed by atoms with van der Waals surface area (Å²) in [6.45, 7) is 0.720. The molecule has 1 amide bonds. The van der Waals surface area contributed by atoms with Gasteiger partial charge in [0.2, 0.25) is 0 Å². The van der Waals surface area contributed by atoms with Crippen molar-refractivity contribution in [1.82, 2.24) is 15.2 Å². The molecule has 0 aliphatic carbocycles. The lowest BCUT2D eigenvalue weighted by atomic mass is 10.1. The molecule has 6 nitrogen and oxygen atoms in total. The van der Waals surface area contributed by atoms with E-state index in [4.69, 9.17) is 11.6 Å². The van der Waals surface area contributed by atoms with Gasteiger partial charge in [-0.2, -0.15) is 0 Å². The van der Waals surface area contributed by atoms with Gasteiger partial charge in [-0.1, -0.05) is 23.7 Å². The molecule has 0 saturated carbocycles. The first-order valence-electron chi connectivity index (χ1n) is 7.74. The molecule has 3 aromatic rings. The zero-order valence-electron chi connectivity index (χ0n) is 13.3. The third-order valence-electron chi connectivity index (χ3n) is 3.46. The van der Waals surface area contributed by atoms with Gasteiger partial charge >= 0.3 is 0 Å². The zero-order chi connectivity index (χ0) is 17.5. The monoisotopic (exact) mass is 353 g/mol. The molecule has 0 unspecified atom stereocenters. The summed E-state index contributed by atoms with van der Waals surface area (Å²) in [5.74, 6) is 0.760. The van der Waals surface area contributed by atoms with Crippen molar-refractivity contribution in [3.05, 3.63) is 77.1 Å². The van der Waals surface area contributed by atoms with Gasteiger partial charge in [0.05, 0.1) is 5.56 Å². The number of nitrogens with one attached hydrogen (secondary N) is 2. The minimum atomic E-state index is -0.272. The van der Waals surface area contributed by atoms with Gasteiger partial charge in [0.15, 0.2) is 5.82 Å². The van der Waals surface area contributed by atoms with Crippen molar-refractivity contribution in [2.45, 2.75) is 6.42 Å². The van der Waals surface area contributed by atoms with E-state index in [-0.39, 0.29) is 5.91 Å². The normalized spacial score (nSPS) is 10.3. The van der Waals surface area contributed by atoms with E-state index in [1.807, 2.05) is 24.3 Å². The molecule has 1 aromatic carbocycles. The Morgan fingerprint density at radius 1 is 1.00 bits per heavy atom. The van der Waals surface area contributed by atoms with Crippen LogP contribution in [0.3, 0.4) is 0 Å². The van der Waals surface area contributed by atoms with Crippen molar-refractivity contribution in [3.63, 3.8) is 0 Å². The van der Waals surface area contributed by atoms with Crippen LogP contribution in [0, 0.1) is 0 Å². The van der Waals surface area contributed by atoms with E-state index < -0.39 is 0 Å². The number of rotatable bonds is 6. The average Bonchev–Trinajstić information content (AvgIpc) is 2.65. The molecule has 0 bridgehead atoms. The Morgan fingerprint density at radius 2 is 1.76 bits per heavy atom. The van der Waals surface area contributed by atoms with E-state index in [0.29, 0.717) is 17.2 Å². The van der Waals surface area contributed by atoms with Crippen LogP contribution in [-0.4, -0.2) is 27.6 Å². The molecule has 3 rings (SSSR count). The largest absolute Gasteiger partial charge is 0.368 e. The van der Waals surface area contributed by atoms with Crippen LogP contribution in [-0.2, 0) is 6.42 Å². The van der Waals surface area contributed by atoms with Crippen LogP contribution >= 0.6 is 11.6 Å². The molecule has 0 aliphatic rings. The second kappa shape index (κ2) is 8.21. The average molecular weight is 354 g/mol. The number of carbonyl (C=O) groups excluding carboxylic acids is 1. The van der Waals surface area contributed by atoms with Gasteiger partial charge in [-0.3, -0.25) is 9.78 Å².